The number of benzene rings is 1. The van der Waals surface area contributed by atoms with Crippen LogP contribution in [-0.2, 0) is 17.8 Å². The van der Waals surface area contributed by atoms with Crippen LogP contribution in [0.15, 0.2) is 40.8 Å². The molecule has 1 aliphatic rings. The molecule has 0 unspecified atom stereocenters. The van der Waals surface area contributed by atoms with E-state index in [2.05, 4.69) is 32.9 Å². The molecule has 2 heterocycles. The summed E-state index contributed by atoms with van der Waals surface area (Å²) in [6.45, 7) is 2.08. The first kappa shape index (κ1) is 15.4. The lowest BCUT2D eigenvalue weighted by Gasteiger charge is -2.25. The molecule has 1 N–H and O–H groups in total. The van der Waals surface area contributed by atoms with E-state index >= 15 is 0 Å². The highest BCUT2D eigenvalue weighted by molar-refractivity contribution is 7.10. The molecule has 1 aromatic carbocycles. The van der Waals surface area contributed by atoms with Crippen molar-refractivity contribution in [2.24, 2.45) is 5.10 Å². The SMILES string of the molecule is N#Cc1ccc(/C=N/NC(=O)CN2CCc3sccc3C2)cc1. The quantitative estimate of drug-likeness (QED) is 0.692. The first-order chi connectivity index (χ1) is 11.2. The summed E-state index contributed by atoms with van der Waals surface area (Å²) in [5, 5.41) is 14.8. The van der Waals surface area contributed by atoms with Gasteiger partial charge in [0.25, 0.3) is 5.91 Å². The van der Waals surface area contributed by atoms with Crippen LogP contribution in [0.2, 0.25) is 0 Å². The first-order valence-corrected chi connectivity index (χ1v) is 8.22. The van der Waals surface area contributed by atoms with Crippen LogP contribution in [-0.4, -0.2) is 30.1 Å². The largest absolute Gasteiger partial charge is 0.290 e. The molecule has 6 heteroatoms. The lowest BCUT2D eigenvalue weighted by molar-refractivity contribution is -0.122. The van der Waals surface area contributed by atoms with E-state index in [1.807, 2.05) is 0 Å². The van der Waals surface area contributed by atoms with Gasteiger partial charge in [-0.25, -0.2) is 5.43 Å². The zero-order valence-corrected chi connectivity index (χ0v) is 13.3. The highest BCUT2D eigenvalue weighted by Crippen LogP contribution is 2.23. The Bertz CT molecular complexity index is 758. The molecule has 116 valence electrons. The molecule has 0 fully saturated rings. The Hall–Kier alpha value is -2.49. The van der Waals surface area contributed by atoms with Gasteiger partial charge in [0.15, 0.2) is 0 Å². The summed E-state index contributed by atoms with van der Waals surface area (Å²) < 4.78 is 0. The molecule has 0 atom stereocenters. The Morgan fingerprint density at radius 2 is 2.22 bits per heavy atom. The molecular formula is C17H16N4OS. The molecule has 5 nitrogen and oxygen atoms in total. The number of fused-ring (bicyclic) bond motifs is 1. The van der Waals surface area contributed by atoms with Crippen molar-refractivity contribution >= 4 is 23.5 Å². The molecule has 1 amide bonds. The van der Waals surface area contributed by atoms with Crippen molar-refractivity contribution in [3.8, 4) is 6.07 Å². The average molecular weight is 324 g/mol. The third-order valence-corrected chi connectivity index (χ3v) is 4.72. The Morgan fingerprint density at radius 3 is 3.00 bits per heavy atom. The van der Waals surface area contributed by atoms with Crippen LogP contribution in [0.1, 0.15) is 21.6 Å². The van der Waals surface area contributed by atoms with Crippen molar-refractivity contribution < 1.29 is 4.79 Å². The number of nitrogens with zero attached hydrogens (tertiary/aromatic N) is 3. The smallest absolute Gasteiger partial charge is 0.254 e. The van der Waals surface area contributed by atoms with Gasteiger partial charge >= 0.3 is 0 Å². The van der Waals surface area contributed by atoms with Gasteiger partial charge in [-0.15, -0.1) is 11.3 Å². The van der Waals surface area contributed by atoms with Gasteiger partial charge in [-0.2, -0.15) is 10.4 Å². The Kier molecular flexibility index (Phi) is 4.81. The third-order valence-electron chi connectivity index (χ3n) is 3.70. The van der Waals surface area contributed by atoms with Gasteiger partial charge in [0, 0.05) is 18.0 Å². The highest BCUT2D eigenvalue weighted by Gasteiger charge is 2.18. The Morgan fingerprint density at radius 1 is 1.39 bits per heavy atom. The molecule has 0 saturated heterocycles. The Labute approximate surface area is 138 Å². The molecule has 0 aliphatic carbocycles. The zero-order chi connectivity index (χ0) is 16.1. The summed E-state index contributed by atoms with van der Waals surface area (Å²) in [5.74, 6) is -0.117. The lowest BCUT2D eigenvalue weighted by Crippen LogP contribution is -2.38. The summed E-state index contributed by atoms with van der Waals surface area (Å²) in [6.07, 6.45) is 2.58. The van der Waals surface area contributed by atoms with Gasteiger partial charge in [0.1, 0.15) is 0 Å². The van der Waals surface area contributed by atoms with E-state index in [0.717, 1.165) is 25.1 Å². The normalized spacial score (nSPS) is 14.4. The van der Waals surface area contributed by atoms with Crippen molar-refractivity contribution in [3.63, 3.8) is 0 Å². The molecule has 0 radical (unpaired) electrons. The van der Waals surface area contributed by atoms with E-state index < -0.39 is 0 Å². The number of carbonyl (C=O) groups is 1. The number of nitriles is 1. The van der Waals surface area contributed by atoms with Crippen LogP contribution in [0.25, 0.3) is 0 Å². The second-order valence-corrected chi connectivity index (χ2v) is 6.36. The van der Waals surface area contributed by atoms with E-state index in [-0.39, 0.29) is 5.91 Å². The van der Waals surface area contributed by atoms with E-state index in [0.29, 0.717) is 12.1 Å². The van der Waals surface area contributed by atoms with Gasteiger partial charge < -0.3 is 0 Å². The minimum Gasteiger partial charge on any atom is -0.290 e. The van der Waals surface area contributed by atoms with Gasteiger partial charge in [0.2, 0.25) is 0 Å². The molecule has 0 spiro atoms. The first-order valence-electron chi connectivity index (χ1n) is 7.34. The van der Waals surface area contributed by atoms with Crippen LogP contribution in [0.3, 0.4) is 0 Å². The molecule has 23 heavy (non-hydrogen) atoms. The van der Waals surface area contributed by atoms with Crippen LogP contribution in [0.4, 0.5) is 0 Å². The van der Waals surface area contributed by atoms with Crippen LogP contribution in [0.5, 0.6) is 0 Å². The van der Waals surface area contributed by atoms with E-state index in [4.69, 9.17) is 5.26 Å². The summed E-state index contributed by atoms with van der Waals surface area (Å²) >= 11 is 1.79. The fraction of sp³-hybridized carbons (Fsp3) is 0.235. The summed E-state index contributed by atoms with van der Waals surface area (Å²) in [7, 11) is 0. The van der Waals surface area contributed by atoms with E-state index in [9.17, 15) is 4.79 Å². The molecule has 0 bridgehead atoms. The van der Waals surface area contributed by atoms with Gasteiger partial charge in [0.05, 0.1) is 24.4 Å². The number of thiophene rings is 1. The van der Waals surface area contributed by atoms with Gasteiger partial charge in [-0.1, -0.05) is 12.1 Å². The molecule has 1 aliphatic heterocycles. The topological polar surface area (TPSA) is 68.5 Å². The number of hydrazone groups is 1. The predicted molar refractivity (Wildman–Crippen MR) is 90.2 cm³/mol. The number of carbonyl (C=O) groups excluding carboxylic acids is 1. The van der Waals surface area contributed by atoms with Crippen molar-refractivity contribution in [2.75, 3.05) is 13.1 Å². The van der Waals surface area contributed by atoms with Gasteiger partial charge in [-0.3, -0.25) is 9.69 Å². The average Bonchev–Trinajstić information content (AvgIpc) is 3.03. The maximum atomic E-state index is 11.9. The van der Waals surface area contributed by atoms with Crippen molar-refractivity contribution in [1.82, 2.24) is 10.3 Å². The second kappa shape index (κ2) is 7.18. The fourth-order valence-corrected chi connectivity index (χ4v) is 3.39. The molecule has 3 rings (SSSR count). The second-order valence-electron chi connectivity index (χ2n) is 5.36. The molecule has 2 aromatic rings. The van der Waals surface area contributed by atoms with Crippen molar-refractivity contribution in [1.29, 1.82) is 5.26 Å². The third kappa shape index (κ3) is 4.03. The van der Waals surface area contributed by atoms with E-state index in [1.165, 1.54) is 10.4 Å². The fourth-order valence-electron chi connectivity index (χ4n) is 2.50. The zero-order valence-electron chi connectivity index (χ0n) is 12.5. The number of amides is 1. The predicted octanol–water partition coefficient (Wildman–Crippen LogP) is 2.13. The number of nitrogens with one attached hydrogen (secondary N) is 1. The van der Waals surface area contributed by atoms with Crippen molar-refractivity contribution in [3.05, 3.63) is 57.3 Å². The van der Waals surface area contributed by atoms with Crippen LogP contribution >= 0.6 is 11.3 Å². The maximum Gasteiger partial charge on any atom is 0.254 e. The minimum absolute atomic E-state index is 0.117. The number of rotatable bonds is 4. The monoisotopic (exact) mass is 324 g/mol. The maximum absolute atomic E-state index is 11.9. The number of hydrogen-bond donors (Lipinski definition) is 1. The minimum atomic E-state index is -0.117. The number of hydrogen-bond acceptors (Lipinski definition) is 5. The molecular weight excluding hydrogens is 308 g/mol. The summed E-state index contributed by atoms with van der Waals surface area (Å²) in [4.78, 5) is 15.5. The van der Waals surface area contributed by atoms with E-state index in [1.54, 1.807) is 41.8 Å². The van der Waals surface area contributed by atoms with Crippen molar-refractivity contribution in [2.45, 2.75) is 13.0 Å². The summed E-state index contributed by atoms with van der Waals surface area (Å²) in [6, 6.07) is 11.2. The van der Waals surface area contributed by atoms with Gasteiger partial charge in [-0.05, 0) is 41.1 Å². The van der Waals surface area contributed by atoms with Crippen LogP contribution < -0.4 is 5.43 Å². The summed E-state index contributed by atoms with van der Waals surface area (Å²) in [5.41, 5.74) is 5.32. The molecule has 1 aromatic heterocycles. The van der Waals surface area contributed by atoms with Crippen LogP contribution in [0, 0.1) is 11.3 Å². The highest BCUT2D eigenvalue weighted by atomic mass is 32.1. The Balaban J connectivity index is 1.48. The standard InChI is InChI=1S/C17H16N4OS/c18-9-13-1-3-14(4-2-13)10-19-20-17(22)12-21-7-5-16-15(11-21)6-8-23-16/h1-4,6,8,10H,5,7,11-12H2,(H,20,22)/b19-10+. The molecule has 0 saturated carbocycles. The lowest BCUT2D eigenvalue weighted by atomic mass is 10.1.